The summed E-state index contributed by atoms with van der Waals surface area (Å²) in [5.41, 5.74) is 4.25. The summed E-state index contributed by atoms with van der Waals surface area (Å²) in [6.45, 7) is 0. The van der Waals surface area contributed by atoms with Crippen LogP contribution in [0.25, 0.3) is 5.57 Å². The zero-order chi connectivity index (χ0) is 16.6. The molecule has 0 aromatic heterocycles. The maximum absolute atomic E-state index is 11.2. The Morgan fingerprint density at radius 2 is 1.56 bits per heavy atom. The van der Waals surface area contributed by atoms with E-state index in [1.165, 1.54) is 0 Å². The summed E-state index contributed by atoms with van der Waals surface area (Å²) in [6.07, 6.45) is 1.71. The molecule has 1 radical (unpaired) electrons. The van der Waals surface area contributed by atoms with Crippen LogP contribution in [0.1, 0.15) is 11.1 Å². The smallest absolute Gasteiger partial charge is 0.746 e. The molecule has 0 amide bonds. The van der Waals surface area contributed by atoms with Crippen LogP contribution in [0.5, 0.6) is 0 Å². The van der Waals surface area contributed by atoms with E-state index < -0.39 is 7.82 Å². The molecule has 1 atom stereocenters. The minimum Gasteiger partial charge on any atom is -0.746 e. The molecule has 2 aromatic rings. The number of hydrogen-bond acceptors (Lipinski definition) is 5. The molecule has 0 saturated heterocycles. The second-order valence-corrected chi connectivity index (χ2v) is 6.92. The fraction of sp³-hybridized carbons (Fsp3) is 0.125. The third-order valence-corrected chi connectivity index (χ3v) is 4.85. The molecule has 1 unspecified atom stereocenters. The molecule has 3 rings (SSSR count). The van der Waals surface area contributed by atoms with Crippen LogP contribution in [0.2, 0.25) is 0 Å². The van der Waals surface area contributed by atoms with Gasteiger partial charge in [-0.25, -0.2) is 0 Å². The Bertz CT molecular complexity index is 791. The monoisotopic (exact) mass is 394 g/mol. The molecule has 121 valence electrons. The Kier molecular flexibility index (Phi) is 8.83. The van der Waals surface area contributed by atoms with E-state index in [4.69, 9.17) is 9.42 Å². The topological polar surface area (TPSA) is 72.8 Å². The number of benzene rings is 2. The summed E-state index contributed by atoms with van der Waals surface area (Å²) in [5, 5.41) is 0.152. The largest absolute Gasteiger partial charge is 1.00 e. The van der Waals surface area contributed by atoms with Gasteiger partial charge in [-0.2, -0.15) is 0 Å². The summed E-state index contributed by atoms with van der Waals surface area (Å²) in [7, 11) is -2.93. The number of rotatable bonds is 3. The number of nitrogens with zero attached hydrogens (tertiary/aromatic N) is 1. The van der Waals surface area contributed by atoms with Crippen molar-refractivity contribution in [2.45, 2.75) is 0 Å². The van der Waals surface area contributed by atoms with E-state index in [0.717, 1.165) is 34.3 Å². The Balaban J connectivity index is 0.00000156. The predicted molar refractivity (Wildman–Crippen MR) is 97.1 cm³/mol. The van der Waals surface area contributed by atoms with Crippen LogP contribution in [0, 0.1) is 0 Å². The zero-order valence-electron chi connectivity index (χ0n) is 14.6. The van der Waals surface area contributed by atoms with Crippen LogP contribution in [0.15, 0.2) is 53.6 Å². The van der Waals surface area contributed by atoms with Crippen LogP contribution in [-0.2, 0) is 9.09 Å². The van der Waals surface area contributed by atoms with Crippen molar-refractivity contribution < 1.29 is 48.4 Å². The maximum atomic E-state index is 11.2. The molecule has 0 aliphatic carbocycles. The van der Waals surface area contributed by atoms with Crippen molar-refractivity contribution >= 4 is 66.1 Å². The standard InChI is InChI=1S/C16H16NO4PS.2Na/c1-17-13-9-5-3-7-11(13)15(12-8-4-6-10-14(12)17)16(23-2)21-22(18,19)20;;/h3-10H,1-2H3,(H2,18,19,20);;/q;;+1/p-1. The van der Waals surface area contributed by atoms with Crippen LogP contribution in [0.3, 0.4) is 0 Å². The van der Waals surface area contributed by atoms with Crippen molar-refractivity contribution in [3.8, 4) is 0 Å². The summed E-state index contributed by atoms with van der Waals surface area (Å²) in [4.78, 5) is 22.4. The van der Waals surface area contributed by atoms with Crippen molar-refractivity contribution in [3.63, 3.8) is 0 Å². The summed E-state index contributed by atoms with van der Waals surface area (Å²) in [6, 6.07) is 15.3. The molecule has 0 spiro atoms. The molecule has 0 bridgehead atoms. The first-order valence-electron chi connectivity index (χ1n) is 6.86. The Morgan fingerprint density at radius 3 is 1.96 bits per heavy atom. The van der Waals surface area contributed by atoms with E-state index in [-0.39, 0.29) is 64.2 Å². The van der Waals surface area contributed by atoms with Crippen molar-refractivity contribution in [2.75, 3.05) is 18.2 Å². The molecule has 5 nitrogen and oxygen atoms in total. The van der Waals surface area contributed by atoms with Gasteiger partial charge in [0.05, 0.1) is 0 Å². The fourth-order valence-corrected chi connectivity index (χ4v) is 4.05. The van der Waals surface area contributed by atoms with Gasteiger partial charge in [-0.1, -0.05) is 48.2 Å². The van der Waals surface area contributed by atoms with Crippen LogP contribution in [0.4, 0.5) is 11.4 Å². The maximum Gasteiger partial charge on any atom is 1.00 e. The SMILES string of the molecule is CSC(OP(=O)([O-])O)=C1c2ccccc2N(C)c2ccccc21.[Na+].[Na]. The zero-order valence-corrected chi connectivity index (χ0v) is 20.3. The van der Waals surface area contributed by atoms with Gasteiger partial charge < -0.3 is 19.2 Å². The van der Waals surface area contributed by atoms with Gasteiger partial charge in [0.15, 0.2) is 5.09 Å². The van der Waals surface area contributed by atoms with Gasteiger partial charge in [-0.05, 0) is 18.4 Å². The van der Waals surface area contributed by atoms with Gasteiger partial charge in [0.1, 0.15) is 0 Å². The van der Waals surface area contributed by atoms with Crippen molar-refractivity contribution in [2.24, 2.45) is 0 Å². The molecule has 1 heterocycles. The van der Waals surface area contributed by atoms with E-state index in [1.54, 1.807) is 6.26 Å². The summed E-state index contributed by atoms with van der Waals surface area (Å²) >= 11 is 1.14. The van der Waals surface area contributed by atoms with Crippen LogP contribution in [-0.4, -0.2) is 47.8 Å². The average Bonchev–Trinajstić information content (AvgIpc) is 2.53. The Labute approximate surface area is 195 Å². The number of phosphoric acid groups is 1. The van der Waals surface area contributed by atoms with Crippen molar-refractivity contribution in [3.05, 3.63) is 64.7 Å². The van der Waals surface area contributed by atoms with E-state index in [2.05, 4.69) is 0 Å². The second-order valence-electron chi connectivity index (χ2n) is 5.02. The molecule has 2 aromatic carbocycles. The number of para-hydroxylation sites is 2. The molecule has 1 aliphatic rings. The molecule has 0 saturated carbocycles. The molecule has 0 fully saturated rings. The van der Waals surface area contributed by atoms with Crippen molar-refractivity contribution in [1.82, 2.24) is 0 Å². The van der Waals surface area contributed by atoms with Crippen LogP contribution < -0.4 is 39.4 Å². The fourth-order valence-electron chi connectivity index (χ4n) is 2.74. The van der Waals surface area contributed by atoms with Crippen LogP contribution >= 0.6 is 19.6 Å². The Hall–Kier alpha value is 0.280. The average molecular weight is 394 g/mol. The van der Waals surface area contributed by atoms with Crippen molar-refractivity contribution in [1.29, 1.82) is 0 Å². The van der Waals surface area contributed by atoms with Gasteiger partial charge in [0.2, 0.25) is 0 Å². The second kappa shape index (κ2) is 9.47. The Morgan fingerprint density at radius 1 is 1.12 bits per heavy atom. The van der Waals surface area contributed by atoms with Gasteiger partial charge in [-0.3, -0.25) is 4.57 Å². The van der Waals surface area contributed by atoms with E-state index in [1.807, 2.05) is 60.5 Å². The molecule has 1 aliphatic heterocycles. The third kappa shape index (κ3) is 4.96. The first-order chi connectivity index (χ1) is 10.9. The van der Waals surface area contributed by atoms with E-state index in [0.29, 0.717) is 5.57 Å². The van der Waals surface area contributed by atoms with Gasteiger partial charge >= 0.3 is 37.4 Å². The minimum absolute atomic E-state index is 0. The molecule has 1 N–H and O–H groups in total. The predicted octanol–water partition coefficient (Wildman–Crippen LogP) is -0.0517. The summed E-state index contributed by atoms with van der Waals surface area (Å²) in [5.74, 6) is 0. The number of fused-ring (bicyclic) bond motifs is 2. The third-order valence-electron chi connectivity index (χ3n) is 3.66. The molecular formula is C16H15NNa2O4PS. The van der Waals surface area contributed by atoms with Gasteiger partial charge in [0, 0.05) is 64.7 Å². The number of phosphoric ester groups is 1. The normalized spacial score (nSPS) is 14.2. The molecule has 25 heavy (non-hydrogen) atoms. The van der Waals surface area contributed by atoms with E-state index in [9.17, 15) is 9.46 Å². The number of anilines is 2. The quantitative estimate of drug-likeness (QED) is 0.447. The summed E-state index contributed by atoms with van der Waals surface area (Å²) < 4.78 is 16.1. The minimum atomic E-state index is -4.89. The first-order valence-corrected chi connectivity index (χ1v) is 9.58. The first kappa shape index (κ1) is 23.3. The van der Waals surface area contributed by atoms with Gasteiger partial charge in [0.25, 0.3) is 0 Å². The van der Waals surface area contributed by atoms with E-state index >= 15 is 0 Å². The molecule has 9 heteroatoms. The number of hydrogen-bond donors (Lipinski definition) is 1. The van der Waals surface area contributed by atoms with Gasteiger partial charge in [-0.15, -0.1) is 0 Å². The molecular weight excluding hydrogens is 379 g/mol. The number of thioether (sulfide) groups is 1.